The zero-order valence-corrected chi connectivity index (χ0v) is 15.1. The quantitative estimate of drug-likeness (QED) is 0.843. The number of piperidine rings is 1. The lowest BCUT2D eigenvalue weighted by molar-refractivity contribution is 0.0643. The first-order chi connectivity index (χ1) is 11.7. The molecule has 2 fully saturated rings. The minimum absolute atomic E-state index is 0.140. The Morgan fingerprint density at radius 1 is 1.21 bits per heavy atom. The van der Waals surface area contributed by atoms with Crippen LogP contribution in [0, 0.1) is 5.92 Å². The molecule has 1 aromatic heterocycles. The highest BCUT2D eigenvalue weighted by Crippen LogP contribution is 2.20. The molecule has 24 heavy (non-hydrogen) atoms. The van der Waals surface area contributed by atoms with Crippen molar-refractivity contribution in [2.24, 2.45) is 5.92 Å². The van der Waals surface area contributed by atoms with E-state index >= 15 is 0 Å². The molecule has 3 rings (SSSR count). The van der Waals surface area contributed by atoms with Gasteiger partial charge in [0, 0.05) is 45.1 Å². The second-order valence-electron chi connectivity index (χ2n) is 7.28. The molecule has 0 spiro atoms. The molecule has 1 aromatic rings. The Morgan fingerprint density at radius 2 is 2.00 bits per heavy atom. The standard InChI is InChI=1S/C19H30N4O/c1-3-22-7-9-23(10-8-22)19(24)18-12-17(13-20-14-18)11-16-5-4-6-21(2)15-16/h12-14,16H,3-11,15H2,1-2H3/t16-/m1/s1. The number of aromatic nitrogens is 1. The van der Waals surface area contributed by atoms with Crippen molar-refractivity contribution in [2.75, 3.05) is 52.9 Å². The summed E-state index contributed by atoms with van der Waals surface area (Å²) in [5.41, 5.74) is 1.95. The number of amides is 1. The van der Waals surface area contributed by atoms with Gasteiger partial charge in [-0.2, -0.15) is 0 Å². The maximum atomic E-state index is 12.8. The van der Waals surface area contributed by atoms with Crippen LogP contribution in [0.2, 0.25) is 0 Å². The fourth-order valence-corrected chi connectivity index (χ4v) is 3.94. The van der Waals surface area contributed by atoms with E-state index in [-0.39, 0.29) is 5.91 Å². The molecular weight excluding hydrogens is 300 g/mol. The summed E-state index contributed by atoms with van der Waals surface area (Å²) in [6.07, 6.45) is 7.24. The lowest BCUT2D eigenvalue weighted by atomic mass is 9.92. The van der Waals surface area contributed by atoms with Crippen LogP contribution in [0.3, 0.4) is 0 Å². The van der Waals surface area contributed by atoms with Gasteiger partial charge >= 0.3 is 0 Å². The molecule has 0 radical (unpaired) electrons. The predicted octanol–water partition coefficient (Wildman–Crippen LogP) is 1.74. The van der Waals surface area contributed by atoms with Crippen molar-refractivity contribution < 1.29 is 4.79 Å². The molecule has 0 aromatic carbocycles. The van der Waals surface area contributed by atoms with E-state index in [4.69, 9.17) is 0 Å². The summed E-state index contributed by atoms with van der Waals surface area (Å²) in [5.74, 6) is 0.824. The summed E-state index contributed by atoms with van der Waals surface area (Å²) in [5, 5.41) is 0. The second-order valence-corrected chi connectivity index (χ2v) is 7.28. The van der Waals surface area contributed by atoms with E-state index in [1.807, 2.05) is 11.1 Å². The van der Waals surface area contributed by atoms with Gasteiger partial charge in [-0.1, -0.05) is 6.92 Å². The lowest BCUT2D eigenvalue weighted by Crippen LogP contribution is -2.48. The molecular formula is C19H30N4O. The van der Waals surface area contributed by atoms with Crippen molar-refractivity contribution in [3.63, 3.8) is 0 Å². The van der Waals surface area contributed by atoms with Gasteiger partial charge in [-0.15, -0.1) is 0 Å². The Labute approximate surface area is 145 Å². The fourth-order valence-electron chi connectivity index (χ4n) is 3.94. The van der Waals surface area contributed by atoms with Gasteiger partial charge in [0.05, 0.1) is 5.56 Å². The molecule has 0 N–H and O–H groups in total. The number of nitrogens with zero attached hydrogens (tertiary/aromatic N) is 4. The number of carbonyl (C=O) groups excluding carboxylic acids is 1. The van der Waals surface area contributed by atoms with Crippen LogP contribution in [-0.2, 0) is 6.42 Å². The molecule has 2 saturated heterocycles. The normalized spacial score (nSPS) is 23.4. The zero-order chi connectivity index (χ0) is 16.9. The van der Waals surface area contributed by atoms with E-state index in [0.717, 1.165) is 51.3 Å². The molecule has 132 valence electrons. The topological polar surface area (TPSA) is 39.7 Å². The molecule has 2 aliphatic rings. The summed E-state index contributed by atoms with van der Waals surface area (Å²) in [6.45, 7) is 9.19. The van der Waals surface area contributed by atoms with Gasteiger partial charge in [-0.25, -0.2) is 0 Å². The highest BCUT2D eigenvalue weighted by molar-refractivity contribution is 5.94. The van der Waals surface area contributed by atoms with Gasteiger partial charge in [-0.3, -0.25) is 9.78 Å². The van der Waals surface area contributed by atoms with Crippen LogP contribution in [0.5, 0.6) is 0 Å². The van der Waals surface area contributed by atoms with E-state index in [2.05, 4.69) is 34.8 Å². The average molecular weight is 330 g/mol. The zero-order valence-electron chi connectivity index (χ0n) is 15.1. The van der Waals surface area contributed by atoms with Crippen LogP contribution in [0.1, 0.15) is 35.7 Å². The number of carbonyl (C=O) groups is 1. The third kappa shape index (κ3) is 4.33. The monoisotopic (exact) mass is 330 g/mol. The molecule has 2 aliphatic heterocycles. The van der Waals surface area contributed by atoms with Crippen LogP contribution in [0.4, 0.5) is 0 Å². The van der Waals surface area contributed by atoms with Crippen LogP contribution in [-0.4, -0.2) is 78.5 Å². The van der Waals surface area contributed by atoms with E-state index in [9.17, 15) is 4.79 Å². The summed E-state index contributed by atoms with van der Waals surface area (Å²) in [4.78, 5) is 23.9. The first kappa shape index (κ1) is 17.4. The summed E-state index contributed by atoms with van der Waals surface area (Å²) in [7, 11) is 2.19. The number of rotatable bonds is 4. The number of pyridine rings is 1. The number of hydrogen-bond donors (Lipinski definition) is 0. The van der Waals surface area contributed by atoms with Gasteiger partial charge < -0.3 is 14.7 Å². The molecule has 0 saturated carbocycles. The molecule has 0 aliphatic carbocycles. The van der Waals surface area contributed by atoms with Gasteiger partial charge in [0.15, 0.2) is 0 Å². The highest BCUT2D eigenvalue weighted by Gasteiger charge is 2.22. The van der Waals surface area contributed by atoms with Gasteiger partial charge in [0.25, 0.3) is 5.91 Å². The lowest BCUT2D eigenvalue weighted by Gasteiger charge is -2.34. The van der Waals surface area contributed by atoms with Gasteiger partial charge in [-0.05, 0) is 56.9 Å². The maximum Gasteiger partial charge on any atom is 0.255 e. The molecule has 1 amide bonds. The van der Waals surface area contributed by atoms with Crippen molar-refractivity contribution in [3.05, 3.63) is 29.6 Å². The number of likely N-dealkylation sites (N-methyl/N-ethyl adjacent to an activating group) is 1. The molecule has 0 bridgehead atoms. The Hall–Kier alpha value is -1.46. The molecule has 0 unspecified atom stereocenters. The predicted molar refractivity (Wildman–Crippen MR) is 96.2 cm³/mol. The Kier molecular flexibility index (Phi) is 5.85. The number of hydrogen-bond acceptors (Lipinski definition) is 4. The SMILES string of the molecule is CCN1CCN(C(=O)c2cncc(C[C@H]3CCCN(C)C3)c2)CC1. The van der Waals surface area contributed by atoms with Crippen molar-refractivity contribution in [2.45, 2.75) is 26.2 Å². The molecule has 1 atom stereocenters. The Balaban J connectivity index is 1.61. The van der Waals surface area contributed by atoms with Gasteiger partial charge in [0.2, 0.25) is 0 Å². The smallest absolute Gasteiger partial charge is 0.255 e. The minimum atomic E-state index is 0.140. The highest BCUT2D eigenvalue weighted by atomic mass is 16.2. The van der Waals surface area contributed by atoms with Crippen molar-refractivity contribution in [1.29, 1.82) is 0 Å². The van der Waals surface area contributed by atoms with E-state index in [0.29, 0.717) is 5.92 Å². The Morgan fingerprint density at radius 3 is 2.71 bits per heavy atom. The number of likely N-dealkylation sites (tertiary alicyclic amines) is 1. The van der Waals surface area contributed by atoms with Crippen molar-refractivity contribution in [3.8, 4) is 0 Å². The van der Waals surface area contributed by atoms with Crippen LogP contribution in [0.15, 0.2) is 18.5 Å². The van der Waals surface area contributed by atoms with E-state index in [1.54, 1.807) is 6.20 Å². The van der Waals surface area contributed by atoms with Gasteiger partial charge in [0.1, 0.15) is 0 Å². The minimum Gasteiger partial charge on any atom is -0.336 e. The molecule has 5 nitrogen and oxygen atoms in total. The largest absolute Gasteiger partial charge is 0.336 e. The third-order valence-electron chi connectivity index (χ3n) is 5.40. The van der Waals surface area contributed by atoms with Crippen molar-refractivity contribution in [1.82, 2.24) is 19.7 Å². The first-order valence-corrected chi connectivity index (χ1v) is 9.30. The summed E-state index contributed by atoms with van der Waals surface area (Å²) < 4.78 is 0. The number of piperazine rings is 1. The maximum absolute atomic E-state index is 12.8. The van der Waals surface area contributed by atoms with Crippen molar-refractivity contribution >= 4 is 5.91 Å². The summed E-state index contributed by atoms with van der Waals surface area (Å²) >= 11 is 0. The average Bonchev–Trinajstić information content (AvgIpc) is 2.61. The Bertz CT molecular complexity index is 554. The van der Waals surface area contributed by atoms with Crippen LogP contribution < -0.4 is 0 Å². The van der Waals surface area contributed by atoms with E-state index in [1.165, 1.54) is 24.9 Å². The summed E-state index contributed by atoms with van der Waals surface area (Å²) in [6, 6.07) is 2.07. The van der Waals surface area contributed by atoms with Crippen LogP contribution >= 0.6 is 0 Å². The fraction of sp³-hybridized carbons (Fsp3) is 0.684. The van der Waals surface area contributed by atoms with Crippen LogP contribution in [0.25, 0.3) is 0 Å². The van der Waals surface area contributed by atoms with E-state index < -0.39 is 0 Å². The first-order valence-electron chi connectivity index (χ1n) is 9.30. The second kappa shape index (κ2) is 8.08. The third-order valence-corrected chi connectivity index (χ3v) is 5.40. The molecule has 3 heterocycles. The molecule has 5 heteroatoms.